The van der Waals surface area contributed by atoms with Gasteiger partial charge in [-0.15, -0.1) is 0 Å². The Morgan fingerprint density at radius 1 is 1.39 bits per heavy atom. The first-order valence-corrected chi connectivity index (χ1v) is 8.34. The van der Waals surface area contributed by atoms with E-state index in [1.54, 1.807) is 0 Å². The number of carbonyl (C=O) groups is 1. The fourth-order valence-electron chi connectivity index (χ4n) is 2.32. The van der Waals surface area contributed by atoms with Gasteiger partial charge in [0.2, 0.25) is 0 Å². The lowest BCUT2D eigenvalue weighted by molar-refractivity contribution is 0.0519. The van der Waals surface area contributed by atoms with E-state index in [9.17, 15) is 4.79 Å². The van der Waals surface area contributed by atoms with E-state index in [1.807, 2.05) is 38.7 Å². The van der Waals surface area contributed by atoms with Gasteiger partial charge in [-0.25, -0.2) is 4.79 Å². The molecule has 0 saturated carbocycles. The van der Waals surface area contributed by atoms with Gasteiger partial charge in [-0.3, -0.25) is 4.68 Å². The molecule has 1 atom stereocenters. The molecule has 6 nitrogen and oxygen atoms in total. The zero-order chi connectivity index (χ0) is 17.6. The molecule has 1 aromatic heterocycles. The third-order valence-electron chi connectivity index (χ3n) is 3.55. The molecule has 0 aliphatic rings. The first-order chi connectivity index (χ1) is 10.6. The molecule has 0 aliphatic heterocycles. The molecule has 0 saturated heterocycles. The smallest absolute Gasteiger partial charge is 0.407 e. The van der Waals surface area contributed by atoms with Crippen LogP contribution >= 0.6 is 0 Å². The van der Waals surface area contributed by atoms with Gasteiger partial charge in [0, 0.05) is 37.9 Å². The lowest BCUT2D eigenvalue weighted by atomic mass is 10.0. The van der Waals surface area contributed by atoms with Crippen molar-refractivity contribution in [2.75, 3.05) is 6.54 Å². The average Bonchev–Trinajstić information content (AvgIpc) is 2.76. The molecular formula is C17H32N4O2. The fraction of sp³-hybridized carbons (Fsp3) is 0.765. The molecule has 23 heavy (non-hydrogen) atoms. The van der Waals surface area contributed by atoms with E-state index in [1.165, 1.54) is 5.56 Å². The summed E-state index contributed by atoms with van der Waals surface area (Å²) in [5, 5.41) is 10.8. The highest BCUT2D eigenvalue weighted by atomic mass is 16.6. The molecule has 2 N–H and O–H groups in total. The van der Waals surface area contributed by atoms with Crippen molar-refractivity contribution in [1.82, 2.24) is 20.4 Å². The Morgan fingerprint density at radius 2 is 2.04 bits per heavy atom. The first-order valence-electron chi connectivity index (χ1n) is 8.34. The number of ether oxygens (including phenoxy) is 1. The molecular weight excluding hydrogens is 292 g/mol. The van der Waals surface area contributed by atoms with Gasteiger partial charge in [-0.2, -0.15) is 5.10 Å². The number of aromatic nitrogens is 2. The average molecular weight is 324 g/mol. The van der Waals surface area contributed by atoms with Gasteiger partial charge in [0.25, 0.3) is 0 Å². The number of amides is 1. The van der Waals surface area contributed by atoms with Crippen LogP contribution in [0.3, 0.4) is 0 Å². The molecule has 1 aromatic rings. The minimum Gasteiger partial charge on any atom is -0.444 e. The van der Waals surface area contributed by atoms with Crippen LogP contribution in [0, 0.1) is 5.92 Å². The lowest BCUT2D eigenvalue weighted by Crippen LogP contribution is -2.45. The maximum atomic E-state index is 11.8. The molecule has 0 spiro atoms. The minimum atomic E-state index is -0.476. The highest BCUT2D eigenvalue weighted by Crippen LogP contribution is 2.10. The molecule has 1 unspecified atom stereocenters. The molecule has 6 heteroatoms. The van der Waals surface area contributed by atoms with Crippen molar-refractivity contribution in [3.63, 3.8) is 0 Å². The summed E-state index contributed by atoms with van der Waals surface area (Å²) in [4.78, 5) is 11.8. The van der Waals surface area contributed by atoms with Crippen LogP contribution in [0.4, 0.5) is 4.79 Å². The summed E-state index contributed by atoms with van der Waals surface area (Å²) in [5.74, 6) is 0.395. The Kier molecular flexibility index (Phi) is 7.06. The number of nitrogens with zero attached hydrogens (tertiary/aromatic N) is 2. The van der Waals surface area contributed by atoms with Crippen LogP contribution in [-0.4, -0.2) is 34.1 Å². The molecule has 1 amide bonds. The van der Waals surface area contributed by atoms with Crippen molar-refractivity contribution in [1.29, 1.82) is 0 Å². The van der Waals surface area contributed by atoms with Crippen LogP contribution in [0.5, 0.6) is 0 Å². The zero-order valence-electron chi connectivity index (χ0n) is 15.6. The normalized spacial score (nSPS) is 13.2. The van der Waals surface area contributed by atoms with E-state index in [4.69, 9.17) is 4.74 Å². The molecule has 0 bridgehead atoms. The third-order valence-corrected chi connectivity index (χ3v) is 3.55. The van der Waals surface area contributed by atoms with E-state index in [-0.39, 0.29) is 12.1 Å². The highest BCUT2D eigenvalue weighted by Gasteiger charge is 2.19. The lowest BCUT2D eigenvalue weighted by Gasteiger charge is -2.25. The number of aryl methyl sites for hydroxylation is 2. The van der Waals surface area contributed by atoms with E-state index in [0.717, 1.165) is 18.7 Å². The van der Waals surface area contributed by atoms with E-state index in [0.29, 0.717) is 12.5 Å². The van der Waals surface area contributed by atoms with Gasteiger partial charge in [-0.1, -0.05) is 20.8 Å². The number of rotatable bonds is 7. The van der Waals surface area contributed by atoms with Crippen LogP contribution < -0.4 is 10.6 Å². The van der Waals surface area contributed by atoms with Crippen molar-refractivity contribution >= 4 is 6.09 Å². The van der Waals surface area contributed by atoms with Crippen LogP contribution in [-0.2, 0) is 24.8 Å². The Balaban J connectivity index is 2.54. The zero-order valence-corrected chi connectivity index (χ0v) is 15.6. The van der Waals surface area contributed by atoms with Crippen LogP contribution in [0.1, 0.15) is 52.8 Å². The third kappa shape index (κ3) is 7.03. The van der Waals surface area contributed by atoms with Crippen molar-refractivity contribution in [3.05, 3.63) is 17.5 Å². The van der Waals surface area contributed by atoms with Gasteiger partial charge in [-0.05, 0) is 33.1 Å². The monoisotopic (exact) mass is 324 g/mol. The van der Waals surface area contributed by atoms with Crippen molar-refractivity contribution in [2.24, 2.45) is 13.0 Å². The van der Waals surface area contributed by atoms with E-state index in [2.05, 4.69) is 36.5 Å². The Labute approximate surface area is 140 Å². The Bertz CT molecular complexity index is 503. The molecule has 1 rings (SSSR count). The topological polar surface area (TPSA) is 68.2 Å². The minimum absolute atomic E-state index is 0.174. The fourth-order valence-corrected chi connectivity index (χ4v) is 2.32. The van der Waals surface area contributed by atoms with Gasteiger partial charge in [0.15, 0.2) is 0 Å². The van der Waals surface area contributed by atoms with Crippen molar-refractivity contribution in [2.45, 2.75) is 66.2 Å². The largest absolute Gasteiger partial charge is 0.444 e. The first kappa shape index (κ1) is 19.5. The summed E-state index contributed by atoms with van der Waals surface area (Å²) in [6.45, 7) is 13.2. The maximum Gasteiger partial charge on any atom is 0.407 e. The quantitative estimate of drug-likeness (QED) is 0.809. The summed E-state index contributed by atoms with van der Waals surface area (Å²) >= 11 is 0. The second kappa shape index (κ2) is 8.34. The standard InChI is InChI=1S/C17H32N4O2/c1-8-14-13(11-21(7)20-14)9-18-15(12(2)3)10-19-16(22)23-17(4,5)6/h11-12,15,18H,8-10H2,1-7H3,(H,19,22). The second-order valence-electron chi connectivity index (χ2n) is 7.24. The second-order valence-corrected chi connectivity index (χ2v) is 7.24. The predicted molar refractivity (Wildman–Crippen MR) is 92.3 cm³/mol. The molecule has 0 aliphatic carbocycles. The number of hydrogen-bond acceptors (Lipinski definition) is 4. The summed E-state index contributed by atoms with van der Waals surface area (Å²) in [6, 6.07) is 0.174. The van der Waals surface area contributed by atoms with Gasteiger partial charge in [0.05, 0.1) is 5.69 Å². The number of hydrogen-bond donors (Lipinski definition) is 2. The molecule has 0 aromatic carbocycles. The van der Waals surface area contributed by atoms with E-state index >= 15 is 0 Å². The predicted octanol–water partition coefficient (Wildman–Crippen LogP) is 2.62. The maximum absolute atomic E-state index is 11.8. The molecule has 0 radical (unpaired) electrons. The summed E-state index contributed by atoms with van der Waals surface area (Å²) < 4.78 is 7.13. The van der Waals surface area contributed by atoms with Crippen molar-refractivity contribution in [3.8, 4) is 0 Å². The van der Waals surface area contributed by atoms with Gasteiger partial charge >= 0.3 is 6.09 Å². The molecule has 132 valence electrons. The Morgan fingerprint density at radius 3 is 2.57 bits per heavy atom. The van der Waals surface area contributed by atoms with Crippen LogP contribution in [0.2, 0.25) is 0 Å². The molecule has 0 fully saturated rings. The van der Waals surface area contributed by atoms with Gasteiger partial charge < -0.3 is 15.4 Å². The number of nitrogens with one attached hydrogen (secondary N) is 2. The van der Waals surface area contributed by atoms with E-state index < -0.39 is 5.60 Å². The highest BCUT2D eigenvalue weighted by molar-refractivity contribution is 5.67. The Hall–Kier alpha value is -1.56. The van der Waals surface area contributed by atoms with Crippen molar-refractivity contribution < 1.29 is 9.53 Å². The summed E-state index contributed by atoms with van der Waals surface area (Å²) in [6.07, 6.45) is 2.59. The van der Waals surface area contributed by atoms with Crippen LogP contribution in [0.25, 0.3) is 0 Å². The number of alkyl carbamates (subject to hydrolysis) is 1. The summed E-state index contributed by atoms with van der Waals surface area (Å²) in [7, 11) is 1.94. The van der Waals surface area contributed by atoms with Gasteiger partial charge in [0.1, 0.15) is 5.60 Å². The number of carbonyl (C=O) groups excluding carboxylic acids is 1. The summed E-state index contributed by atoms with van der Waals surface area (Å²) in [5.41, 5.74) is 1.84. The van der Waals surface area contributed by atoms with Crippen LogP contribution in [0.15, 0.2) is 6.20 Å². The SMILES string of the molecule is CCc1nn(C)cc1CNC(CNC(=O)OC(C)(C)C)C(C)C. The molecule has 1 heterocycles.